The Balaban J connectivity index is 1.37. The number of aryl methyl sites for hydroxylation is 3. The molecular weight excluding hydrogens is 446 g/mol. The molecule has 0 bridgehead atoms. The molecule has 4 heterocycles. The van der Waals surface area contributed by atoms with Gasteiger partial charge in [0.25, 0.3) is 5.91 Å². The van der Waals surface area contributed by atoms with E-state index >= 15 is 0 Å². The van der Waals surface area contributed by atoms with E-state index in [4.69, 9.17) is 0 Å². The van der Waals surface area contributed by atoms with Gasteiger partial charge in [0.05, 0.1) is 22.3 Å². The molecule has 8 heteroatoms. The first-order valence-electron chi connectivity index (χ1n) is 12.1. The van der Waals surface area contributed by atoms with Crippen molar-refractivity contribution in [1.29, 1.82) is 0 Å². The second kappa shape index (κ2) is 9.33. The van der Waals surface area contributed by atoms with E-state index in [0.29, 0.717) is 5.56 Å². The molecule has 2 amide bonds. The summed E-state index contributed by atoms with van der Waals surface area (Å²) in [5, 5.41) is 4.11. The fourth-order valence-corrected chi connectivity index (χ4v) is 5.92. The van der Waals surface area contributed by atoms with E-state index in [-0.39, 0.29) is 17.7 Å². The van der Waals surface area contributed by atoms with Gasteiger partial charge in [-0.2, -0.15) is 4.37 Å². The Kier molecular flexibility index (Phi) is 6.25. The standard InChI is InChI=1S/C26H31N5O2S/c1-16-6-7-21(17(2)14-16)28-24(32)19-8-12-30(13-9-19)23-20(26(33)31-10-4-5-11-31)15-27-25-22(23)18(3)29-34-25/h6-7,14-15,19H,4-5,8-13H2,1-3H3,(H,28,32). The molecule has 2 aromatic heterocycles. The maximum absolute atomic E-state index is 13.4. The van der Waals surface area contributed by atoms with Crippen LogP contribution in [0.15, 0.2) is 24.4 Å². The number of nitrogens with one attached hydrogen (secondary N) is 1. The SMILES string of the molecule is Cc1ccc(NC(=O)C2CCN(c3c(C(=O)N4CCCC4)cnc4snc(C)c34)CC2)c(C)c1. The quantitative estimate of drug-likeness (QED) is 0.589. The zero-order valence-electron chi connectivity index (χ0n) is 20.1. The Hall–Kier alpha value is -3.00. The zero-order valence-corrected chi connectivity index (χ0v) is 20.9. The number of hydrogen-bond donors (Lipinski definition) is 1. The van der Waals surface area contributed by atoms with E-state index in [9.17, 15) is 9.59 Å². The van der Waals surface area contributed by atoms with Crippen molar-refractivity contribution in [1.82, 2.24) is 14.3 Å². The Morgan fingerprint density at radius 2 is 1.79 bits per heavy atom. The van der Waals surface area contributed by atoms with Crippen molar-refractivity contribution in [2.24, 2.45) is 5.92 Å². The van der Waals surface area contributed by atoms with Gasteiger partial charge < -0.3 is 15.1 Å². The highest BCUT2D eigenvalue weighted by molar-refractivity contribution is 7.13. The number of nitrogens with zero attached hydrogens (tertiary/aromatic N) is 4. The Morgan fingerprint density at radius 1 is 1.06 bits per heavy atom. The predicted octanol–water partition coefficient (Wildman–Crippen LogP) is 4.71. The number of anilines is 2. The highest BCUT2D eigenvalue weighted by atomic mass is 32.1. The molecule has 178 valence electrons. The van der Waals surface area contributed by atoms with E-state index < -0.39 is 0 Å². The summed E-state index contributed by atoms with van der Waals surface area (Å²) >= 11 is 1.38. The molecule has 5 rings (SSSR count). The predicted molar refractivity (Wildman–Crippen MR) is 137 cm³/mol. The molecule has 2 saturated heterocycles. The third-order valence-corrected chi connectivity index (χ3v) is 7.94. The lowest BCUT2D eigenvalue weighted by atomic mass is 9.94. The van der Waals surface area contributed by atoms with Crippen LogP contribution in [0.3, 0.4) is 0 Å². The number of rotatable bonds is 4. The third-order valence-electron chi connectivity index (χ3n) is 7.09. The van der Waals surface area contributed by atoms with Gasteiger partial charge in [0, 0.05) is 44.0 Å². The molecule has 1 aromatic carbocycles. The summed E-state index contributed by atoms with van der Waals surface area (Å²) in [5.74, 6) is 0.0872. The van der Waals surface area contributed by atoms with E-state index in [1.54, 1.807) is 6.20 Å². The largest absolute Gasteiger partial charge is 0.370 e. The summed E-state index contributed by atoms with van der Waals surface area (Å²) in [6, 6.07) is 6.09. The molecule has 2 aliphatic heterocycles. The first kappa shape index (κ1) is 22.8. The van der Waals surface area contributed by atoms with Crippen LogP contribution in [0.5, 0.6) is 0 Å². The van der Waals surface area contributed by atoms with Crippen LogP contribution in [-0.2, 0) is 4.79 Å². The highest BCUT2D eigenvalue weighted by Gasteiger charge is 2.31. The van der Waals surface area contributed by atoms with Crippen LogP contribution < -0.4 is 10.2 Å². The maximum atomic E-state index is 13.4. The van der Waals surface area contributed by atoms with E-state index in [2.05, 4.69) is 32.6 Å². The minimum atomic E-state index is -0.0475. The molecule has 0 unspecified atom stereocenters. The summed E-state index contributed by atoms with van der Waals surface area (Å²) in [6.07, 6.45) is 5.32. The van der Waals surface area contributed by atoms with Gasteiger partial charge in [-0.15, -0.1) is 0 Å². The van der Waals surface area contributed by atoms with Crippen molar-refractivity contribution in [3.63, 3.8) is 0 Å². The average molecular weight is 478 g/mol. The maximum Gasteiger partial charge on any atom is 0.257 e. The van der Waals surface area contributed by atoms with Gasteiger partial charge in [-0.1, -0.05) is 17.7 Å². The molecule has 7 nitrogen and oxygen atoms in total. The van der Waals surface area contributed by atoms with Crippen LogP contribution in [0.25, 0.3) is 10.2 Å². The number of pyridine rings is 1. The summed E-state index contributed by atoms with van der Waals surface area (Å²) in [4.78, 5) is 36.1. The Morgan fingerprint density at radius 3 is 2.50 bits per heavy atom. The minimum Gasteiger partial charge on any atom is -0.370 e. The van der Waals surface area contributed by atoms with Crippen molar-refractivity contribution in [2.75, 3.05) is 36.4 Å². The van der Waals surface area contributed by atoms with Crippen LogP contribution in [-0.4, -0.2) is 52.3 Å². The average Bonchev–Trinajstić information content (AvgIpc) is 3.50. The van der Waals surface area contributed by atoms with Crippen LogP contribution in [0.4, 0.5) is 11.4 Å². The summed E-state index contributed by atoms with van der Waals surface area (Å²) < 4.78 is 4.52. The minimum absolute atomic E-state index is 0.0475. The number of carbonyl (C=O) groups excluding carboxylic acids is 2. The first-order valence-corrected chi connectivity index (χ1v) is 12.9. The first-order chi connectivity index (χ1) is 16.4. The Bertz CT molecular complexity index is 1240. The van der Waals surface area contributed by atoms with E-state index in [0.717, 1.165) is 84.7 Å². The molecule has 0 atom stereocenters. The van der Waals surface area contributed by atoms with Crippen LogP contribution in [0.1, 0.15) is 52.9 Å². The van der Waals surface area contributed by atoms with Crippen molar-refractivity contribution in [3.8, 4) is 0 Å². The summed E-state index contributed by atoms with van der Waals surface area (Å²) in [7, 11) is 0. The summed E-state index contributed by atoms with van der Waals surface area (Å²) in [5.41, 5.74) is 5.67. The third kappa shape index (κ3) is 4.27. The van der Waals surface area contributed by atoms with Crippen LogP contribution in [0.2, 0.25) is 0 Å². The van der Waals surface area contributed by atoms with E-state index in [1.807, 2.05) is 30.9 Å². The van der Waals surface area contributed by atoms with Gasteiger partial charge in [-0.25, -0.2) is 4.98 Å². The van der Waals surface area contributed by atoms with E-state index in [1.165, 1.54) is 17.1 Å². The lowest BCUT2D eigenvalue weighted by Crippen LogP contribution is -2.39. The molecule has 3 aromatic rings. The number of aromatic nitrogens is 2. The van der Waals surface area contributed by atoms with Gasteiger partial charge in [0.15, 0.2) is 0 Å². The van der Waals surface area contributed by atoms with Crippen molar-refractivity contribution < 1.29 is 9.59 Å². The Labute approximate surface area is 204 Å². The molecule has 1 N–H and O–H groups in total. The second-order valence-electron chi connectivity index (χ2n) is 9.54. The number of carbonyl (C=O) groups is 2. The van der Waals surface area contributed by atoms with Crippen molar-refractivity contribution >= 4 is 44.9 Å². The fourth-order valence-electron chi connectivity index (χ4n) is 5.17. The molecular formula is C26H31N5O2S. The van der Waals surface area contributed by atoms with Gasteiger partial charge in [-0.3, -0.25) is 9.59 Å². The van der Waals surface area contributed by atoms with Gasteiger partial charge in [-0.05, 0) is 69.6 Å². The molecule has 0 spiro atoms. The molecule has 34 heavy (non-hydrogen) atoms. The molecule has 0 saturated carbocycles. The highest BCUT2D eigenvalue weighted by Crippen LogP contribution is 2.37. The monoisotopic (exact) mass is 477 g/mol. The lowest BCUT2D eigenvalue weighted by molar-refractivity contribution is -0.120. The number of fused-ring (bicyclic) bond motifs is 1. The van der Waals surface area contributed by atoms with Crippen molar-refractivity contribution in [3.05, 3.63) is 46.8 Å². The van der Waals surface area contributed by atoms with Gasteiger partial charge in [0.1, 0.15) is 4.83 Å². The molecule has 2 fully saturated rings. The molecule has 0 aliphatic carbocycles. The zero-order chi connectivity index (χ0) is 23.8. The number of benzene rings is 1. The number of likely N-dealkylation sites (tertiary alicyclic amines) is 1. The smallest absolute Gasteiger partial charge is 0.257 e. The van der Waals surface area contributed by atoms with Crippen molar-refractivity contribution in [2.45, 2.75) is 46.5 Å². The second-order valence-corrected chi connectivity index (χ2v) is 10.3. The molecule has 0 radical (unpaired) electrons. The number of hydrogen-bond acceptors (Lipinski definition) is 6. The van der Waals surface area contributed by atoms with Crippen LogP contribution in [0, 0.1) is 26.7 Å². The van der Waals surface area contributed by atoms with Crippen LogP contribution >= 0.6 is 11.5 Å². The lowest BCUT2D eigenvalue weighted by Gasteiger charge is -2.35. The van der Waals surface area contributed by atoms with Gasteiger partial charge in [0.2, 0.25) is 5.91 Å². The van der Waals surface area contributed by atoms with Gasteiger partial charge >= 0.3 is 0 Å². The topological polar surface area (TPSA) is 78.4 Å². The number of amides is 2. The molecule has 2 aliphatic rings. The summed E-state index contributed by atoms with van der Waals surface area (Å²) in [6.45, 7) is 9.11. The fraction of sp³-hybridized carbons (Fsp3) is 0.462. The number of piperidine rings is 1. The normalized spacial score (nSPS) is 16.9.